The number of hydrogen-bond donors (Lipinski definition) is 1. The van der Waals surface area contributed by atoms with Gasteiger partial charge >= 0.3 is 0 Å². The van der Waals surface area contributed by atoms with Crippen LogP contribution in [-0.4, -0.2) is 18.9 Å². The smallest absolute Gasteiger partial charge is 0.266 e. The van der Waals surface area contributed by atoms with Crippen molar-refractivity contribution in [2.24, 2.45) is 0 Å². The minimum absolute atomic E-state index is 0.0841. The normalized spacial score (nSPS) is 11.5. The molecule has 0 spiro atoms. The summed E-state index contributed by atoms with van der Waals surface area (Å²) in [7, 11) is -4.03. The van der Waals surface area contributed by atoms with Gasteiger partial charge in [0.15, 0.2) is 0 Å². The number of amides is 1. The summed E-state index contributed by atoms with van der Waals surface area (Å²) in [6.45, 7) is 3.69. The lowest BCUT2D eigenvalue weighted by atomic mass is 10.1. The lowest BCUT2D eigenvalue weighted by Gasteiger charge is -2.11. The van der Waals surface area contributed by atoms with Gasteiger partial charge in [0.05, 0.1) is 10.5 Å². The van der Waals surface area contributed by atoms with E-state index in [9.17, 15) is 13.2 Å². The quantitative estimate of drug-likeness (QED) is 0.549. The number of benzene rings is 3. The molecule has 0 bridgehead atoms. The Balaban J connectivity index is 1.71. The number of rotatable bonds is 4. The van der Waals surface area contributed by atoms with Crippen molar-refractivity contribution >= 4 is 26.7 Å². The maximum atomic E-state index is 13.0. The van der Waals surface area contributed by atoms with Crippen LogP contribution in [0.25, 0.3) is 16.5 Å². The van der Waals surface area contributed by atoms with Gasteiger partial charge in [-0.3, -0.25) is 4.79 Å². The van der Waals surface area contributed by atoms with E-state index >= 15 is 0 Å². The molecule has 0 unspecified atom stereocenters. The number of nitrogens with zero attached hydrogens (tertiary/aromatic N) is 1. The van der Waals surface area contributed by atoms with Crippen molar-refractivity contribution in [3.05, 3.63) is 95.8 Å². The van der Waals surface area contributed by atoms with Crippen LogP contribution >= 0.6 is 0 Å². The summed E-state index contributed by atoms with van der Waals surface area (Å²) < 4.78 is 30.1. The van der Waals surface area contributed by atoms with E-state index in [1.54, 1.807) is 31.2 Å². The summed E-state index contributed by atoms with van der Waals surface area (Å²) in [6, 6.07) is 23.5. The Labute approximate surface area is 169 Å². The molecule has 0 atom stereocenters. The van der Waals surface area contributed by atoms with Crippen LogP contribution in [0.1, 0.15) is 21.7 Å². The molecule has 6 heteroatoms. The molecule has 0 fully saturated rings. The lowest BCUT2D eigenvalue weighted by Crippen LogP contribution is -2.31. The van der Waals surface area contributed by atoms with Crippen LogP contribution in [0.2, 0.25) is 0 Å². The van der Waals surface area contributed by atoms with Crippen molar-refractivity contribution in [2.45, 2.75) is 18.7 Å². The average Bonchev–Trinajstić information content (AvgIpc) is 3.02. The molecule has 0 aliphatic carbocycles. The molecule has 5 nitrogen and oxygen atoms in total. The van der Waals surface area contributed by atoms with Crippen molar-refractivity contribution < 1.29 is 13.2 Å². The Hall–Kier alpha value is -3.38. The van der Waals surface area contributed by atoms with E-state index < -0.39 is 15.9 Å². The van der Waals surface area contributed by atoms with Gasteiger partial charge < -0.3 is 4.57 Å². The zero-order valence-electron chi connectivity index (χ0n) is 16.1. The van der Waals surface area contributed by atoms with Crippen molar-refractivity contribution in [1.29, 1.82) is 0 Å². The highest BCUT2D eigenvalue weighted by Crippen LogP contribution is 2.24. The first-order chi connectivity index (χ1) is 13.9. The third-order valence-electron chi connectivity index (χ3n) is 4.96. The number of para-hydroxylation sites is 1. The summed E-state index contributed by atoms with van der Waals surface area (Å²) in [5.41, 5.74) is 2.77. The van der Waals surface area contributed by atoms with E-state index in [1.807, 2.05) is 60.0 Å². The number of aryl methyl sites for hydroxylation is 1. The zero-order valence-corrected chi connectivity index (χ0v) is 16.9. The van der Waals surface area contributed by atoms with Crippen molar-refractivity contribution in [3.63, 3.8) is 0 Å². The predicted octanol–water partition coefficient (Wildman–Crippen LogP) is 4.37. The summed E-state index contributed by atoms with van der Waals surface area (Å²) in [6.07, 6.45) is 0. The molecule has 3 aromatic carbocycles. The second-order valence-corrected chi connectivity index (χ2v) is 8.52. The molecule has 4 rings (SSSR count). The Kier molecular flexibility index (Phi) is 4.72. The molecule has 0 saturated heterocycles. The number of nitrogens with one attached hydrogen (secondary N) is 1. The van der Waals surface area contributed by atoms with E-state index in [0.29, 0.717) is 16.6 Å². The van der Waals surface area contributed by atoms with Crippen LogP contribution in [0.15, 0.2) is 83.8 Å². The van der Waals surface area contributed by atoms with E-state index in [-0.39, 0.29) is 4.90 Å². The monoisotopic (exact) mass is 404 g/mol. The first kappa shape index (κ1) is 19.0. The first-order valence-electron chi connectivity index (χ1n) is 9.18. The molecular weight excluding hydrogens is 384 g/mol. The van der Waals surface area contributed by atoms with Gasteiger partial charge in [0.2, 0.25) is 0 Å². The minimum atomic E-state index is -4.03. The Bertz CT molecular complexity index is 1320. The number of aromatic nitrogens is 1. The number of carbonyl (C=O) groups is 1. The second kappa shape index (κ2) is 7.22. The molecule has 29 heavy (non-hydrogen) atoms. The SMILES string of the molecule is Cc1cc(C(=O)NS(=O)(=O)c2cccc3ccccc23)c(C)n1-c1ccccc1. The van der Waals surface area contributed by atoms with E-state index in [1.165, 1.54) is 6.07 Å². The first-order valence-corrected chi connectivity index (χ1v) is 10.7. The van der Waals surface area contributed by atoms with Gasteiger partial charge in [-0.15, -0.1) is 0 Å². The maximum absolute atomic E-state index is 13.0. The third-order valence-corrected chi connectivity index (χ3v) is 6.35. The van der Waals surface area contributed by atoms with Crippen molar-refractivity contribution in [2.75, 3.05) is 0 Å². The van der Waals surface area contributed by atoms with E-state index in [2.05, 4.69) is 4.72 Å². The van der Waals surface area contributed by atoms with Crippen LogP contribution in [0.5, 0.6) is 0 Å². The predicted molar refractivity (Wildman–Crippen MR) is 114 cm³/mol. The number of sulfonamides is 1. The molecule has 146 valence electrons. The summed E-state index contributed by atoms with van der Waals surface area (Å²) in [4.78, 5) is 13.0. The Morgan fingerprint density at radius 3 is 2.28 bits per heavy atom. The maximum Gasteiger partial charge on any atom is 0.266 e. The average molecular weight is 404 g/mol. The Morgan fingerprint density at radius 2 is 1.52 bits per heavy atom. The number of hydrogen-bond acceptors (Lipinski definition) is 3. The van der Waals surface area contributed by atoms with Gasteiger partial charge in [-0.1, -0.05) is 54.6 Å². The fourth-order valence-electron chi connectivity index (χ4n) is 3.63. The molecule has 0 aliphatic heterocycles. The van der Waals surface area contributed by atoms with Gasteiger partial charge in [0.25, 0.3) is 15.9 Å². The summed E-state index contributed by atoms with van der Waals surface area (Å²) >= 11 is 0. The molecular formula is C23H20N2O3S. The van der Waals surface area contributed by atoms with E-state index in [0.717, 1.165) is 16.8 Å². The molecule has 1 N–H and O–H groups in total. The molecule has 0 saturated carbocycles. The zero-order chi connectivity index (χ0) is 20.6. The fraction of sp³-hybridized carbons (Fsp3) is 0.0870. The van der Waals surface area contributed by atoms with Crippen LogP contribution in [0.4, 0.5) is 0 Å². The summed E-state index contributed by atoms with van der Waals surface area (Å²) in [5.74, 6) is -0.645. The van der Waals surface area contributed by atoms with Crippen LogP contribution in [-0.2, 0) is 10.0 Å². The Morgan fingerprint density at radius 1 is 0.862 bits per heavy atom. The highest BCUT2D eigenvalue weighted by molar-refractivity contribution is 7.90. The topological polar surface area (TPSA) is 68.2 Å². The van der Waals surface area contributed by atoms with Crippen LogP contribution < -0.4 is 4.72 Å². The fourth-order valence-corrected chi connectivity index (χ4v) is 4.83. The number of fused-ring (bicyclic) bond motifs is 1. The number of carbonyl (C=O) groups excluding carboxylic acids is 1. The molecule has 0 aliphatic rings. The van der Waals surface area contributed by atoms with E-state index in [4.69, 9.17) is 0 Å². The highest BCUT2D eigenvalue weighted by Gasteiger charge is 2.24. The minimum Gasteiger partial charge on any atom is -0.318 e. The van der Waals surface area contributed by atoms with Crippen LogP contribution in [0, 0.1) is 13.8 Å². The van der Waals surface area contributed by atoms with Crippen molar-refractivity contribution in [1.82, 2.24) is 9.29 Å². The lowest BCUT2D eigenvalue weighted by molar-refractivity contribution is 0.0981. The molecule has 1 amide bonds. The van der Waals surface area contributed by atoms with Gasteiger partial charge in [-0.2, -0.15) is 0 Å². The third kappa shape index (κ3) is 3.43. The molecule has 4 aromatic rings. The molecule has 1 aromatic heterocycles. The van der Waals surface area contributed by atoms with Gasteiger partial charge in [0.1, 0.15) is 0 Å². The van der Waals surface area contributed by atoms with Crippen LogP contribution in [0.3, 0.4) is 0 Å². The van der Waals surface area contributed by atoms with Gasteiger partial charge in [0, 0.05) is 22.5 Å². The largest absolute Gasteiger partial charge is 0.318 e. The highest BCUT2D eigenvalue weighted by atomic mass is 32.2. The molecule has 1 heterocycles. The van der Waals surface area contributed by atoms with Gasteiger partial charge in [-0.25, -0.2) is 13.1 Å². The molecule has 0 radical (unpaired) electrons. The van der Waals surface area contributed by atoms with Gasteiger partial charge in [-0.05, 0) is 43.5 Å². The van der Waals surface area contributed by atoms with Crippen molar-refractivity contribution in [3.8, 4) is 5.69 Å². The summed E-state index contributed by atoms with van der Waals surface area (Å²) in [5, 5.41) is 1.37. The standard InChI is InChI=1S/C23H20N2O3S/c1-16-15-21(17(2)25(16)19-11-4-3-5-12-19)23(26)24-29(27,28)22-14-8-10-18-9-6-7-13-20(18)22/h3-15H,1-2H3,(H,24,26). The second-order valence-electron chi connectivity index (χ2n) is 6.87.